The van der Waals surface area contributed by atoms with Gasteiger partial charge in [-0.3, -0.25) is 0 Å². The highest BCUT2D eigenvalue weighted by atomic mass is 35.5. The summed E-state index contributed by atoms with van der Waals surface area (Å²) >= 11 is 5.81. The largest absolute Gasteiger partial charge is 0.389 e. The van der Waals surface area contributed by atoms with E-state index in [4.69, 9.17) is 11.6 Å². The van der Waals surface area contributed by atoms with E-state index in [2.05, 4.69) is 12.2 Å². The van der Waals surface area contributed by atoms with E-state index < -0.39 is 5.60 Å². The summed E-state index contributed by atoms with van der Waals surface area (Å²) in [5.74, 6) is 0.249. The van der Waals surface area contributed by atoms with E-state index in [0.717, 1.165) is 24.8 Å². The fourth-order valence-corrected chi connectivity index (χ4v) is 3.19. The van der Waals surface area contributed by atoms with Gasteiger partial charge in [-0.25, -0.2) is 4.39 Å². The molecule has 0 aliphatic heterocycles. The monoisotopic (exact) mass is 285 g/mol. The molecular formula is C15H21ClFNO. The molecule has 0 spiro atoms. The molecule has 1 aliphatic carbocycles. The van der Waals surface area contributed by atoms with Crippen LogP contribution < -0.4 is 5.32 Å². The molecular weight excluding hydrogens is 265 g/mol. The van der Waals surface area contributed by atoms with Crippen LogP contribution in [-0.2, 0) is 6.54 Å². The molecule has 106 valence electrons. The maximum absolute atomic E-state index is 13.2. The van der Waals surface area contributed by atoms with Crippen molar-refractivity contribution in [2.24, 2.45) is 5.92 Å². The van der Waals surface area contributed by atoms with E-state index >= 15 is 0 Å². The van der Waals surface area contributed by atoms with Crippen LogP contribution in [0, 0.1) is 11.7 Å². The molecule has 0 bridgehead atoms. The van der Waals surface area contributed by atoms with E-state index in [-0.39, 0.29) is 5.82 Å². The van der Waals surface area contributed by atoms with Gasteiger partial charge in [0.15, 0.2) is 0 Å². The Hall–Kier alpha value is -0.640. The van der Waals surface area contributed by atoms with Gasteiger partial charge in [-0.15, -0.1) is 0 Å². The number of benzene rings is 1. The van der Waals surface area contributed by atoms with E-state index in [9.17, 15) is 9.50 Å². The smallest absolute Gasteiger partial charge is 0.125 e. The van der Waals surface area contributed by atoms with E-state index in [1.165, 1.54) is 18.6 Å². The summed E-state index contributed by atoms with van der Waals surface area (Å²) in [5.41, 5.74) is 0.187. The second-order valence-corrected chi connectivity index (χ2v) is 6.24. The van der Waals surface area contributed by atoms with Gasteiger partial charge >= 0.3 is 0 Å². The van der Waals surface area contributed by atoms with E-state index in [1.54, 1.807) is 6.07 Å². The van der Waals surface area contributed by atoms with Crippen LogP contribution >= 0.6 is 11.6 Å². The molecule has 0 radical (unpaired) electrons. The third kappa shape index (κ3) is 4.44. The average Bonchev–Trinajstić information content (AvgIpc) is 2.26. The molecule has 2 atom stereocenters. The molecule has 4 heteroatoms. The molecule has 0 saturated heterocycles. The highest BCUT2D eigenvalue weighted by Gasteiger charge is 2.31. The van der Waals surface area contributed by atoms with Crippen LogP contribution in [0.2, 0.25) is 5.02 Å². The molecule has 2 N–H and O–H groups in total. The molecule has 2 nitrogen and oxygen atoms in total. The van der Waals surface area contributed by atoms with Crippen LogP contribution in [0.15, 0.2) is 18.2 Å². The van der Waals surface area contributed by atoms with Gasteiger partial charge in [0.2, 0.25) is 0 Å². The van der Waals surface area contributed by atoms with Crippen molar-refractivity contribution < 1.29 is 9.50 Å². The van der Waals surface area contributed by atoms with Gasteiger partial charge in [-0.2, -0.15) is 0 Å². The van der Waals surface area contributed by atoms with Gasteiger partial charge in [0.05, 0.1) is 5.60 Å². The topological polar surface area (TPSA) is 32.3 Å². The SMILES string of the molecule is CC1CCCC(O)(CNCc2cc(F)cc(Cl)c2)C1. The minimum atomic E-state index is -0.616. The first-order chi connectivity index (χ1) is 8.97. The highest BCUT2D eigenvalue weighted by Crippen LogP contribution is 2.31. The molecule has 0 amide bonds. The van der Waals surface area contributed by atoms with Crippen LogP contribution in [0.4, 0.5) is 4.39 Å². The van der Waals surface area contributed by atoms with Crippen molar-refractivity contribution in [2.75, 3.05) is 6.54 Å². The van der Waals surface area contributed by atoms with Gasteiger partial charge in [0.25, 0.3) is 0 Å². The Bertz CT molecular complexity index is 420. The number of hydrogen-bond acceptors (Lipinski definition) is 2. The van der Waals surface area contributed by atoms with Gasteiger partial charge in [-0.05, 0) is 42.5 Å². The Labute approximate surface area is 119 Å². The zero-order valence-corrected chi connectivity index (χ0v) is 12.0. The van der Waals surface area contributed by atoms with Crippen LogP contribution in [0.5, 0.6) is 0 Å². The summed E-state index contributed by atoms with van der Waals surface area (Å²) in [4.78, 5) is 0. The van der Waals surface area contributed by atoms with Crippen molar-refractivity contribution in [1.29, 1.82) is 0 Å². The number of rotatable bonds is 4. The predicted octanol–water partition coefficient (Wildman–Crippen LogP) is 3.51. The normalized spacial score (nSPS) is 27.5. The van der Waals surface area contributed by atoms with Gasteiger partial charge < -0.3 is 10.4 Å². The van der Waals surface area contributed by atoms with Crippen molar-refractivity contribution in [1.82, 2.24) is 5.32 Å². The molecule has 2 unspecified atom stereocenters. The number of hydrogen-bond donors (Lipinski definition) is 2. The second kappa shape index (κ2) is 6.21. The third-order valence-electron chi connectivity index (χ3n) is 3.77. The number of nitrogens with one attached hydrogen (secondary N) is 1. The summed E-state index contributed by atoms with van der Waals surface area (Å²) in [6.45, 7) is 3.25. The summed E-state index contributed by atoms with van der Waals surface area (Å²) in [5, 5.41) is 14.1. The Morgan fingerprint density at radius 2 is 2.26 bits per heavy atom. The lowest BCUT2D eigenvalue weighted by Crippen LogP contribution is -2.43. The highest BCUT2D eigenvalue weighted by molar-refractivity contribution is 6.30. The molecule has 1 aromatic carbocycles. The standard InChI is InChI=1S/C15H21ClFNO/c1-11-3-2-4-15(19,8-11)10-18-9-12-5-13(16)7-14(17)6-12/h5-7,11,18-19H,2-4,8-10H2,1H3. The Morgan fingerprint density at radius 1 is 1.47 bits per heavy atom. The summed E-state index contributed by atoms with van der Waals surface area (Å²) < 4.78 is 13.2. The Kier molecular flexibility index (Phi) is 4.82. The Morgan fingerprint density at radius 3 is 2.95 bits per heavy atom. The van der Waals surface area contributed by atoms with Gasteiger partial charge in [0.1, 0.15) is 5.82 Å². The minimum absolute atomic E-state index is 0.325. The molecule has 2 rings (SSSR count). The minimum Gasteiger partial charge on any atom is -0.389 e. The molecule has 0 heterocycles. The lowest BCUT2D eigenvalue weighted by molar-refractivity contribution is -0.0119. The zero-order valence-electron chi connectivity index (χ0n) is 11.3. The quantitative estimate of drug-likeness (QED) is 0.887. The fourth-order valence-electron chi connectivity index (χ4n) is 2.95. The van der Waals surface area contributed by atoms with E-state index in [0.29, 0.717) is 24.0 Å². The number of halogens is 2. The molecule has 1 aromatic rings. The lowest BCUT2D eigenvalue weighted by Gasteiger charge is -2.35. The first-order valence-corrected chi connectivity index (χ1v) is 7.23. The molecule has 0 aromatic heterocycles. The third-order valence-corrected chi connectivity index (χ3v) is 3.99. The first kappa shape index (κ1) is 14.8. The first-order valence-electron chi connectivity index (χ1n) is 6.85. The fraction of sp³-hybridized carbons (Fsp3) is 0.600. The van der Waals surface area contributed by atoms with Crippen LogP contribution in [0.1, 0.15) is 38.2 Å². The van der Waals surface area contributed by atoms with Crippen molar-refractivity contribution in [3.8, 4) is 0 Å². The van der Waals surface area contributed by atoms with Gasteiger partial charge in [-0.1, -0.05) is 31.4 Å². The van der Waals surface area contributed by atoms with Crippen LogP contribution in [0.25, 0.3) is 0 Å². The Balaban J connectivity index is 1.85. The van der Waals surface area contributed by atoms with Gasteiger partial charge in [0, 0.05) is 18.1 Å². The summed E-state index contributed by atoms with van der Waals surface area (Å²) in [6, 6.07) is 4.50. The molecule has 1 saturated carbocycles. The maximum atomic E-state index is 13.2. The van der Waals surface area contributed by atoms with Crippen molar-refractivity contribution >= 4 is 11.6 Å². The van der Waals surface area contributed by atoms with E-state index in [1.807, 2.05) is 0 Å². The number of aliphatic hydroxyl groups is 1. The molecule has 19 heavy (non-hydrogen) atoms. The zero-order chi connectivity index (χ0) is 13.9. The summed E-state index contributed by atoms with van der Waals surface area (Å²) in [6.07, 6.45) is 3.95. The second-order valence-electron chi connectivity index (χ2n) is 5.81. The van der Waals surface area contributed by atoms with Crippen molar-refractivity contribution in [3.05, 3.63) is 34.6 Å². The predicted molar refractivity (Wildman–Crippen MR) is 75.7 cm³/mol. The van der Waals surface area contributed by atoms with Crippen LogP contribution in [0.3, 0.4) is 0 Å². The molecule has 1 aliphatic rings. The average molecular weight is 286 g/mol. The van der Waals surface area contributed by atoms with Crippen molar-refractivity contribution in [2.45, 2.75) is 44.8 Å². The lowest BCUT2D eigenvalue weighted by atomic mass is 9.79. The van der Waals surface area contributed by atoms with Crippen LogP contribution in [-0.4, -0.2) is 17.3 Å². The maximum Gasteiger partial charge on any atom is 0.125 e. The molecule has 1 fully saturated rings. The summed E-state index contributed by atoms with van der Waals surface area (Å²) in [7, 11) is 0. The van der Waals surface area contributed by atoms with Crippen molar-refractivity contribution in [3.63, 3.8) is 0 Å².